The smallest absolute Gasteiger partial charge is 0.246 e. The number of nitrogen functional groups attached to an aromatic ring is 1. The maximum atomic E-state index is 12.7. The van der Waals surface area contributed by atoms with Crippen LogP contribution in [0.2, 0.25) is 0 Å². The van der Waals surface area contributed by atoms with Crippen molar-refractivity contribution in [1.29, 1.82) is 0 Å². The summed E-state index contributed by atoms with van der Waals surface area (Å²) < 4.78 is 27.0. The first kappa shape index (κ1) is 14.2. The highest BCUT2D eigenvalue weighted by molar-refractivity contribution is 7.89. The Kier molecular flexibility index (Phi) is 4.07. The van der Waals surface area contributed by atoms with Crippen LogP contribution in [-0.2, 0) is 10.0 Å². The molecule has 2 rings (SSSR count). The summed E-state index contributed by atoms with van der Waals surface area (Å²) in [5.74, 6) is 5.66. The molecular weight excluding hydrogens is 264 g/mol. The molecule has 0 saturated heterocycles. The van der Waals surface area contributed by atoms with Gasteiger partial charge in [-0.15, -0.1) is 0 Å². The fourth-order valence-electron chi connectivity index (χ4n) is 2.00. The zero-order valence-corrected chi connectivity index (χ0v) is 12.0. The molecule has 1 heterocycles. The lowest BCUT2D eigenvalue weighted by atomic mass is 10.2. The summed E-state index contributed by atoms with van der Waals surface area (Å²) in [4.78, 5) is 4.04. The highest BCUT2D eigenvalue weighted by atomic mass is 32.2. The predicted octanol–water partition coefficient (Wildman–Crippen LogP) is 1.18. The summed E-state index contributed by atoms with van der Waals surface area (Å²) in [6, 6.07) is 1.69. The number of rotatable bonds is 6. The molecule has 0 amide bonds. The lowest BCUT2D eigenvalue weighted by Crippen LogP contribution is -2.36. The van der Waals surface area contributed by atoms with E-state index in [1.54, 1.807) is 10.4 Å². The molecule has 106 valence electrons. The number of hydrazine groups is 1. The van der Waals surface area contributed by atoms with Crippen LogP contribution in [0.4, 0.5) is 5.69 Å². The monoisotopic (exact) mass is 284 g/mol. The van der Waals surface area contributed by atoms with Gasteiger partial charge in [0.1, 0.15) is 4.90 Å². The molecule has 19 heavy (non-hydrogen) atoms. The topological polar surface area (TPSA) is 88.3 Å². The molecule has 0 atom stereocenters. The third-order valence-electron chi connectivity index (χ3n) is 3.03. The highest BCUT2D eigenvalue weighted by Crippen LogP contribution is 2.34. The molecule has 0 bridgehead atoms. The van der Waals surface area contributed by atoms with E-state index in [-0.39, 0.29) is 16.9 Å². The van der Waals surface area contributed by atoms with Crippen molar-refractivity contribution in [2.45, 2.75) is 37.6 Å². The maximum Gasteiger partial charge on any atom is 0.246 e. The van der Waals surface area contributed by atoms with Gasteiger partial charge in [-0.1, -0.05) is 13.8 Å². The zero-order chi connectivity index (χ0) is 14.0. The van der Waals surface area contributed by atoms with Crippen molar-refractivity contribution in [3.05, 3.63) is 18.5 Å². The first-order valence-electron chi connectivity index (χ1n) is 6.39. The van der Waals surface area contributed by atoms with Crippen LogP contribution >= 0.6 is 0 Å². The highest BCUT2D eigenvalue weighted by Gasteiger charge is 2.39. The second kappa shape index (κ2) is 5.44. The molecule has 0 radical (unpaired) electrons. The Balaban J connectivity index is 2.39. The molecular formula is C12H20N4O2S. The average Bonchev–Trinajstić information content (AvgIpc) is 3.19. The molecule has 6 nitrogen and oxygen atoms in total. The van der Waals surface area contributed by atoms with Gasteiger partial charge in [-0.05, 0) is 24.8 Å². The Morgan fingerprint density at radius 3 is 2.74 bits per heavy atom. The van der Waals surface area contributed by atoms with Gasteiger partial charge >= 0.3 is 0 Å². The third kappa shape index (κ3) is 3.05. The molecule has 1 saturated carbocycles. The van der Waals surface area contributed by atoms with Crippen molar-refractivity contribution in [1.82, 2.24) is 9.29 Å². The number of nitrogens with zero attached hydrogens (tertiary/aromatic N) is 2. The van der Waals surface area contributed by atoms with Crippen LogP contribution in [-0.4, -0.2) is 30.3 Å². The zero-order valence-electron chi connectivity index (χ0n) is 11.2. The first-order chi connectivity index (χ1) is 8.96. The van der Waals surface area contributed by atoms with E-state index in [0.29, 0.717) is 12.2 Å². The summed E-state index contributed by atoms with van der Waals surface area (Å²) >= 11 is 0. The average molecular weight is 284 g/mol. The summed E-state index contributed by atoms with van der Waals surface area (Å²) in [6.45, 7) is 4.54. The van der Waals surface area contributed by atoms with Crippen LogP contribution in [0.15, 0.2) is 23.4 Å². The van der Waals surface area contributed by atoms with Gasteiger partial charge in [0.05, 0.1) is 5.69 Å². The fraction of sp³-hybridized carbons (Fsp3) is 0.583. The Morgan fingerprint density at radius 1 is 1.53 bits per heavy atom. The van der Waals surface area contributed by atoms with E-state index in [4.69, 9.17) is 5.84 Å². The lowest BCUT2D eigenvalue weighted by molar-refractivity contribution is 0.360. The normalized spacial score (nSPS) is 16.1. The van der Waals surface area contributed by atoms with Crippen LogP contribution in [0.1, 0.15) is 26.7 Å². The number of nitrogens with one attached hydrogen (secondary N) is 1. The molecule has 0 spiro atoms. The SMILES string of the molecule is CC(C)CN(C1CC1)S(=O)(=O)c1cnccc1NN. The first-order valence-corrected chi connectivity index (χ1v) is 7.83. The number of pyridine rings is 1. The number of hydrogen-bond donors (Lipinski definition) is 2. The summed E-state index contributed by atoms with van der Waals surface area (Å²) in [5, 5.41) is 0. The molecule has 1 aliphatic rings. The van der Waals surface area contributed by atoms with Crippen LogP contribution in [0.25, 0.3) is 0 Å². The van der Waals surface area contributed by atoms with E-state index < -0.39 is 10.0 Å². The Labute approximate surface area is 114 Å². The van der Waals surface area contributed by atoms with Gasteiger partial charge in [0.15, 0.2) is 0 Å². The van der Waals surface area contributed by atoms with Gasteiger partial charge in [-0.25, -0.2) is 8.42 Å². The molecule has 3 N–H and O–H groups in total. The maximum absolute atomic E-state index is 12.7. The van der Waals surface area contributed by atoms with E-state index in [2.05, 4.69) is 10.4 Å². The van der Waals surface area contributed by atoms with E-state index in [1.165, 1.54) is 12.4 Å². The van der Waals surface area contributed by atoms with Gasteiger partial charge in [0, 0.05) is 25.0 Å². The molecule has 1 aliphatic carbocycles. The number of hydrogen-bond acceptors (Lipinski definition) is 5. The van der Waals surface area contributed by atoms with Gasteiger partial charge in [-0.3, -0.25) is 10.8 Å². The molecule has 1 aromatic rings. The standard InChI is InChI=1S/C12H20N4O2S/c1-9(2)8-16(10-3-4-10)19(17,18)12-7-14-6-5-11(12)15-13/h5-7,9-10H,3-4,8,13H2,1-2H3,(H,14,15). The number of nitrogens with two attached hydrogens (primary N) is 1. The van der Waals surface area contributed by atoms with Crippen LogP contribution in [0, 0.1) is 5.92 Å². The van der Waals surface area contributed by atoms with E-state index in [9.17, 15) is 8.42 Å². The van der Waals surface area contributed by atoms with Crippen molar-refractivity contribution < 1.29 is 8.42 Å². The van der Waals surface area contributed by atoms with Crippen molar-refractivity contribution in [3.63, 3.8) is 0 Å². The van der Waals surface area contributed by atoms with Gasteiger partial charge in [0.25, 0.3) is 0 Å². The van der Waals surface area contributed by atoms with Crippen LogP contribution < -0.4 is 11.3 Å². The quantitative estimate of drug-likeness (QED) is 0.605. The number of sulfonamides is 1. The number of aromatic nitrogens is 1. The van der Waals surface area contributed by atoms with Crippen LogP contribution in [0.5, 0.6) is 0 Å². The minimum Gasteiger partial charge on any atom is -0.323 e. The van der Waals surface area contributed by atoms with Crippen LogP contribution in [0.3, 0.4) is 0 Å². The second-order valence-corrected chi connectivity index (χ2v) is 7.07. The van der Waals surface area contributed by atoms with Crippen molar-refractivity contribution in [2.24, 2.45) is 11.8 Å². The molecule has 1 fully saturated rings. The lowest BCUT2D eigenvalue weighted by Gasteiger charge is -2.24. The van der Waals surface area contributed by atoms with E-state index in [0.717, 1.165) is 12.8 Å². The minimum absolute atomic E-state index is 0.123. The largest absolute Gasteiger partial charge is 0.323 e. The van der Waals surface area contributed by atoms with Crippen molar-refractivity contribution >= 4 is 15.7 Å². The summed E-state index contributed by atoms with van der Waals surface area (Å²) in [5.41, 5.74) is 2.80. The molecule has 0 aliphatic heterocycles. The Morgan fingerprint density at radius 2 is 2.21 bits per heavy atom. The molecule has 7 heteroatoms. The fourth-order valence-corrected chi connectivity index (χ4v) is 3.95. The van der Waals surface area contributed by atoms with Gasteiger partial charge in [0.2, 0.25) is 10.0 Å². The van der Waals surface area contributed by atoms with E-state index >= 15 is 0 Å². The van der Waals surface area contributed by atoms with Crippen molar-refractivity contribution in [2.75, 3.05) is 12.0 Å². The Bertz CT molecular complexity index is 540. The summed E-state index contributed by atoms with van der Waals surface area (Å²) in [7, 11) is -3.55. The third-order valence-corrected chi connectivity index (χ3v) is 4.97. The minimum atomic E-state index is -3.55. The molecule has 0 aromatic carbocycles. The predicted molar refractivity (Wildman–Crippen MR) is 73.8 cm³/mol. The Hall–Kier alpha value is -1.18. The number of anilines is 1. The van der Waals surface area contributed by atoms with E-state index in [1.807, 2.05) is 13.8 Å². The van der Waals surface area contributed by atoms with Gasteiger partial charge in [-0.2, -0.15) is 4.31 Å². The van der Waals surface area contributed by atoms with Gasteiger partial charge < -0.3 is 5.43 Å². The second-order valence-electron chi connectivity index (χ2n) is 5.22. The molecule has 1 aromatic heterocycles. The summed E-state index contributed by atoms with van der Waals surface area (Å²) in [6.07, 6.45) is 4.72. The molecule has 0 unspecified atom stereocenters. The van der Waals surface area contributed by atoms with Crippen molar-refractivity contribution in [3.8, 4) is 0 Å².